The summed E-state index contributed by atoms with van der Waals surface area (Å²) >= 11 is 0. The van der Waals surface area contributed by atoms with Gasteiger partial charge in [-0.15, -0.1) is 0 Å². The summed E-state index contributed by atoms with van der Waals surface area (Å²) in [6, 6.07) is 10.4. The molecule has 0 aromatic heterocycles. The first-order valence-electron chi connectivity index (χ1n) is 6.03. The van der Waals surface area contributed by atoms with Crippen LogP contribution in [0.15, 0.2) is 30.3 Å². The van der Waals surface area contributed by atoms with Crippen LogP contribution in [-0.2, 0) is 11.2 Å². The van der Waals surface area contributed by atoms with Crippen LogP contribution in [-0.4, -0.2) is 5.78 Å². The Morgan fingerprint density at radius 2 is 1.75 bits per heavy atom. The zero-order valence-electron chi connectivity index (χ0n) is 10.6. The zero-order valence-corrected chi connectivity index (χ0v) is 10.6. The van der Waals surface area contributed by atoms with Gasteiger partial charge in [0.25, 0.3) is 0 Å². The molecule has 0 aliphatic carbocycles. The van der Waals surface area contributed by atoms with Crippen LogP contribution in [0.25, 0.3) is 0 Å². The molecule has 88 valence electrons. The third-order valence-corrected chi connectivity index (χ3v) is 2.49. The van der Waals surface area contributed by atoms with E-state index in [1.54, 1.807) is 0 Å². The predicted molar refractivity (Wildman–Crippen MR) is 68.5 cm³/mol. The van der Waals surface area contributed by atoms with E-state index in [4.69, 9.17) is 0 Å². The Labute approximate surface area is 98.9 Å². The van der Waals surface area contributed by atoms with Gasteiger partial charge in [0.05, 0.1) is 0 Å². The highest BCUT2D eigenvalue weighted by molar-refractivity contribution is 5.78. The van der Waals surface area contributed by atoms with Gasteiger partial charge >= 0.3 is 0 Å². The van der Waals surface area contributed by atoms with Crippen molar-refractivity contribution in [2.75, 3.05) is 0 Å². The van der Waals surface area contributed by atoms with Crippen LogP contribution in [0.1, 0.15) is 45.6 Å². The average molecular weight is 218 g/mol. The maximum absolute atomic E-state index is 11.6. The van der Waals surface area contributed by atoms with E-state index in [9.17, 15) is 4.79 Å². The fourth-order valence-electron chi connectivity index (χ4n) is 1.81. The average Bonchev–Trinajstić information content (AvgIpc) is 2.16. The number of carbonyl (C=O) groups is 1. The summed E-state index contributed by atoms with van der Waals surface area (Å²) in [5.74, 6) is 0.392. The molecule has 16 heavy (non-hydrogen) atoms. The molecular formula is C15H22O. The number of hydrogen-bond donors (Lipinski definition) is 0. The molecule has 0 amide bonds. The van der Waals surface area contributed by atoms with E-state index in [1.165, 1.54) is 5.56 Å². The SMILES string of the molecule is CC(C)(C)CC(=O)CCCc1ccccc1. The van der Waals surface area contributed by atoms with Crippen LogP contribution in [0.3, 0.4) is 0 Å². The van der Waals surface area contributed by atoms with Crippen LogP contribution in [0.5, 0.6) is 0 Å². The number of ketones is 1. The van der Waals surface area contributed by atoms with Crippen molar-refractivity contribution >= 4 is 5.78 Å². The van der Waals surface area contributed by atoms with Gasteiger partial charge in [-0.3, -0.25) is 4.79 Å². The summed E-state index contributed by atoms with van der Waals surface area (Å²) in [5, 5.41) is 0. The van der Waals surface area contributed by atoms with Gasteiger partial charge in [-0.05, 0) is 23.8 Å². The Bertz CT molecular complexity index is 319. The summed E-state index contributed by atoms with van der Waals surface area (Å²) in [6.45, 7) is 6.34. The molecule has 0 spiro atoms. The van der Waals surface area contributed by atoms with E-state index in [-0.39, 0.29) is 5.41 Å². The summed E-state index contributed by atoms with van der Waals surface area (Å²) < 4.78 is 0. The molecule has 0 unspecified atom stereocenters. The minimum atomic E-state index is 0.129. The van der Waals surface area contributed by atoms with Crippen molar-refractivity contribution in [3.63, 3.8) is 0 Å². The summed E-state index contributed by atoms with van der Waals surface area (Å²) in [4.78, 5) is 11.6. The number of carbonyl (C=O) groups excluding carboxylic acids is 1. The lowest BCUT2D eigenvalue weighted by atomic mass is 9.88. The molecule has 0 atom stereocenters. The van der Waals surface area contributed by atoms with Crippen molar-refractivity contribution in [2.24, 2.45) is 5.41 Å². The second kappa shape index (κ2) is 5.83. The second-order valence-electron chi connectivity index (χ2n) is 5.62. The van der Waals surface area contributed by atoms with Gasteiger partial charge < -0.3 is 0 Å². The number of rotatable bonds is 5. The smallest absolute Gasteiger partial charge is 0.133 e. The van der Waals surface area contributed by atoms with Crippen LogP contribution in [0.4, 0.5) is 0 Å². The van der Waals surface area contributed by atoms with Crippen molar-refractivity contribution in [1.82, 2.24) is 0 Å². The molecule has 0 saturated heterocycles. The molecule has 0 bridgehead atoms. The maximum atomic E-state index is 11.6. The zero-order chi connectivity index (χ0) is 12.0. The lowest BCUT2D eigenvalue weighted by molar-refractivity contribution is -0.120. The van der Waals surface area contributed by atoms with Crippen molar-refractivity contribution in [3.8, 4) is 0 Å². The molecule has 1 rings (SSSR count). The molecule has 1 aromatic rings. The van der Waals surface area contributed by atoms with Gasteiger partial charge in [-0.25, -0.2) is 0 Å². The lowest BCUT2D eigenvalue weighted by Gasteiger charge is -2.16. The first-order valence-corrected chi connectivity index (χ1v) is 6.03. The van der Waals surface area contributed by atoms with Crippen LogP contribution in [0.2, 0.25) is 0 Å². The summed E-state index contributed by atoms with van der Waals surface area (Å²) in [6.07, 6.45) is 3.39. The molecule has 0 heterocycles. The molecule has 1 nitrogen and oxygen atoms in total. The first-order chi connectivity index (χ1) is 7.47. The molecule has 1 heteroatoms. The van der Waals surface area contributed by atoms with E-state index >= 15 is 0 Å². The molecule has 0 aliphatic heterocycles. The Balaban J connectivity index is 2.24. The highest BCUT2D eigenvalue weighted by atomic mass is 16.1. The summed E-state index contributed by atoms with van der Waals surface area (Å²) in [5.41, 5.74) is 1.45. The third-order valence-electron chi connectivity index (χ3n) is 2.49. The highest BCUT2D eigenvalue weighted by Crippen LogP contribution is 2.20. The van der Waals surface area contributed by atoms with Crippen LogP contribution in [0, 0.1) is 5.41 Å². The third kappa shape index (κ3) is 5.69. The second-order valence-corrected chi connectivity index (χ2v) is 5.62. The first kappa shape index (κ1) is 13.0. The Morgan fingerprint density at radius 1 is 1.12 bits per heavy atom. The van der Waals surface area contributed by atoms with Gasteiger partial charge in [-0.2, -0.15) is 0 Å². The lowest BCUT2D eigenvalue weighted by Crippen LogP contribution is -2.12. The minimum absolute atomic E-state index is 0.129. The van der Waals surface area contributed by atoms with Gasteiger partial charge in [0.1, 0.15) is 5.78 Å². The summed E-state index contributed by atoms with van der Waals surface area (Å²) in [7, 11) is 0. The van der Waals surface area contributed by atoms with Gasteiger partial charge in [0.15, 0.2) is 0 Å². The van der Waals surface area contributed by atoms with E-state index < -0.39 is 0 Å². The fraction of sp³-hybridized carbons (Fsp3) is 0.533. The van der Waals surface area contributed by atoms with E-state index in [0.717, 1.165) is 12.8 Å². The Hall–Kier alpha value is -1.11. The molecule has 0 radical (unpaired) electrons. The monoisotopic (exact) mass is 218 g/mol. The van der Waals surface area contributed by atoms with Gasteiger partial charge in [0.2, 0.25) is 0 Å². The van der Waals surface area contributed by atoms with Crippen LogP contribution < -0.4 is 0 Å². The fourth-order valence-corrected chi connectivity index (χ4v) is 1.81. The van der Waals surface area contributed by atoms with Crippen molar-refractivity contribution in [3.05, 3.63) is 35.9 Å². The number of benzene rings is 1. The number of aryl methyl sites for hydroxylation is 1. The molecule has 0 N–H and O–H groups in total. The number of Topliss-reactive ketones (excluding diaryl/α,β-unsaturated/α-hetero) is 1. The normalized spacial score (nSPS) is 11.4. The van der Waals surface area contributed by atoms with Crippen molar-refractivity contribution in [1.29, 1.82) is 0 Å². The molecule has 0 saturated carbocycles. The quantitative estimate of drug-likeness (QED) is 0.729. The van der Waals surface area contributed by atoms with Crippen molar-refractivity contribution < 1.29 is 4.79 Å². The van der Waals surface area contributed by atoms with Gasteiger partial charge in [-0.1, -0.05) is 51.1 Å². The highest BCUT2D eigenvalue weighted by Gasteiger charge is 2.15. The maximum Gasteiger partial charge on any atom is 0.133 e. The number of hydrogen-bond acceptors (Lipinski definition) is 1. The Kier molecular flexibility index (Phi) is 4.72. The minimum Gasteiger partial charge on any atom is -0.300 e. The largest absolute Gasteiger partial charge is 0.300 e. The van der Waals surface area contributed by atoms with Gasteiger partial charge in [0, 0.05) is 12.8 Å². The Morgan fingerprint density at radius 3 is 2.31 bits per heavy atom. The molecular weight excluding hydrogens is 196 g/mol. The molecule has 1 aromatic carbocycles. The predicted octanol–water partition coefficient (Wildman–Crippen LogP) is 4.01. The standard InChI is InChI=1S/C15H22O/c1-15(2,3)12-14(16)11-7-10-13-8-5-4-6-9-13/h4-6,8-9H,7,10-12H2,1-3H3. The van der Waals surface area contributed by atoms with E-state index in [0.29, 0.717) is 18.6 Å². The van der Waals surface area contributed by atoms with Crippen LogP contribution >= 0.6 is 0 Å². The van der Waals surface area contributed by atoms with E-state index in [1.807, 2.05) is 18.2 Å². The van der Waals surface area contributed by atoms with Crippen molar-refractivity contribution in [2.45, 2.75) is 46.5 Å². The topological polar surface area (TPSA) is 17.1 Å². The molecule has 0 aliphatic rings. The molecule has 0 fully saturated rings. The van der Waals surface area contributed by atoms with E-state index in [2.05, 4.69) is 32.9 Å².